The Hall–Kier alpha value is -1.00. The second kappa shape index (κ2) is 5.76. The fraction of sp³-hybridized carbons (Fsp3) is 0.500. The lowest BCUT2D eigenvalue weighted by Gasteiger charge is -2.18. The zero-order valence-corrected chi connectivity index (χ0v) is 12.5. The van der Waals surface area contributed by atoms with Crippen molar-refractivity contribution in [2.45, 2.75) is 50.3 Å². The molecule has 4 heteroatoms. The molecule has 3 N–H and O–H groups in total. The molecule has 0 aliphatic heterocycles. The van der Waals surface area contributed by atoms with E-state index in [0.29, 0.717) is 0 Å². The molecule has 1 aromatic rings. The molecule has 0 saturated carbocycles. The van der Waals surface area contributed by atoms with Crippen LogP contribution in [0.2, 0.25) is 0 Å². The maximum absolute atomic E-state index is 11.5. The maximum atomic E-state index is 11.5. The molecule has 0 heterocycles. The first-order chi connectivity index (χ1) is 8.19. The van der Waals surface area contributed by atoms with Gasteiger partial charge in [-0.25, -0.2) is 0 Å². The van der Waals surface area contributed by atoms with Crippen LogP contribution in [0.4, 0.5) is 5.69 Å². The van der Waals surface area contributed by atoms with Crippen LogP contribution in [0.25, 0.3) is 0 Å². The first-order valence-electron chi connectivity index (χ1n) is 6.05. The number of carbonyl (C=O) groups excluding carboxylic acids is 1. The third-order valence-electron chi connectivity index (χ3n) is 2.29. The second-order valence-electron chi connectivity index (χ2n) is 5.47. The number of anilines is 1. The second-order valence-corrected chi connectivity index (χ2v) is 7.37. The molecule has 0 unspecified atom stereocenters. The van der Waals surface area contributed by atoms with Gasteiger partial charge in [0.1, 0.15) is 0 Å². The Kier molecular flexibility index (Phi) is 4.82. The summed E-state index contributed by atoms with van der Waals surface area (Å²) >= 11 is 1.81. The molecule has 0 aliphatic carbocycles. The van der Waals surface area contributed by atoms with Crippen LogP contribution in [0.1, 0.15) is 33.3 Å². The summed E-state index contributed by atoms with van der Waals surface area (Å²) in [7, 11) is 0. The van der Waals surface area contributed by atoms with Crippen molar-refractivity contribution in [2.24, 2.45) is 5.73 Å². The molecule has 0 aromatic heterocycles. The summed E-state index contributed by atoms with van der Waals surface area (Å²) < 4.78 is 0.184. The third kappa shape index (κ3) is 4.70. The average molecular weight is 266 g/mol. The van der Waals surface area contributed by atoms with Crippen LogP contribution < -0.4 is 11.1 Å². The molecular formula is C14H22N2OS. The predicted molar refractivity (Wildman–Crippen MR) is 79.1 cm³/mol. The Morgan fingerprint density at radius 3 is 2.44 bits per heavy atom. The quantitative estimate of drug-likeness (QED) is 0.826. The molecule has 0 aliphatic rings. The van der Waals surface area contributed by atoms with E-state index in [1.54, 1.807) is 6.92 Å². The van der Waals surface area contributed by atoms with E-state index in [9.17, 15) is 4.79 Å². The molecule has 0 bridgehead atoms. The smallest absolute Gasteiger partial charge is 0.241 e. The minimum absolute atomic E-state index is 0.158. The largest absolute Gasteiger partial charge is 0.325 e. The number of aryl methyl sites for hydroxylation is 1. The van der Waals surface area contributed by atoms with Crippen LogP contribution >= 0.6 is 11.8 Å². The van der Waals surface area contributed by atoms with Crippen molar-refractivity contribution in [2.75, 3.05) is 5.32 Å². The Labute approximate surface area is 114 Å². The maximum Gasteiger partial charge on any atom is 0.241 e. The molecule has 100 valence electrons. The van der Waals surface area contributed by atoms with Gasteiger partial charge in [0.25, 0.3) is 0 Å². The van der Waals surface area contributed by atoms with Crippen LogP contribution in [-0.4, -0.2) is 16.7 Å². The first kappa shape index (κ1) is 15.1. The molecule has 3 nitrogen and oxygen atoms in total. The molecule has 1 amide bonds. The zero-order valence-electron chi connectivity index (χ0n) is 11.7. The number of hydrogen-bond donors (Lipinski definition) is 2. The van der Waals surface area contributed by atoms with Crippen molar-refractivity contribution in [3.05, 3.63) is 23.8 Å². The highest BCUT2D eigenvalue weighted by Gasteiger charge is 2.13. The van der Waals surface area contributed by atoms with E-state index in [2.05, 4.69) is 32.2 Å². The minimum Gasteiger partial charge on any atom is -0.325 e. The van der Waals surface area contributed by atoms with Crippen LogP contribution in [0, 0.1) is 6.92 Å². The van der Waals surface area contributed by atoms with Gasteiger partial charge in [-0.1, -0.05) is 20.8 Å². The Bertz CT molecular complexity index is 436. The lowest BCUT2D eigenvalue weighted by molar-refractivity contribution is -0.117. The molecule has 1 rings (SSSR count). The minimum atomic E-state index is -0.493. The lowest BCUT2D eigenvalue weighted by Crippen LogP contribution is -2.32. The lowest BCUT2D eigenvalue weighted by atomic mass is 10.2. The number of hydrogen-bond acceptors (Lipinski definition) is 3. The SMILES string of the molecule is Cc1cc(SC(C)(C)C)ccc1NC(=O)[C@@H](C)N. The first-order valence-corrected chi connectivity index (χ1v) is 6.87. The highest BCUT2D eigenvalue weighted by Crippen LogP contribution is 2.33. The van der Waals surface area contributed by atoms with E-state index in [-0.39, 0.29) is 10.7 Å². The molecular weight excluding hydrogens is 244 g/mol. The van der Waals surface area contributed by atoms with Gasteiger partial charge < -0.3 is 11.1 Å². The van der Waals surface area contributed by atoms with Crippen LogP contribution in [-0.2, 0) is 4.79 Å². The standard InChI is InChI=1S/C14H22N2OS/c1-9-8-11(18-14(3,4)5)6-7-12(9)16-13(17)10(2)15/h6-8,10H,15H2,1-5H3,(H,16,17)/t10-/m1/s1. The number of amides is 1. The van der Waals surface area contributed by atoms with Crippen molar-refractivity contribution in [3.63, 3.8) is 0 Å². The van der Waals surface area contributed by atoms with Crippen molar-refractivity contribution >= 4 is 23.4 Å². The summed E-state index contributed by atoms with van der Waals surface area (Å²) in [5.74, 6) is -0.158. The number of carbonyl (C=O) groups is 1. The summed E-state index contributed by atoms with van der Waals surface area (Å²) in [6.45, 7) is 10.2. The molecule has 0 radical (unpaired) electrons. The summed E-state index contributed by atoms with van der Waals surface area (Å²) in [4.78, 5) is 12.7. The van der Waals surface area contributed by atoms with E-state index in [4.69, 9.17) is 5.73 Å². The van der Waals surface area contributed by atoms with Crippen LogP contribution in [0.15, 0.2) is 23.1 Å². The van der Waals surface area contributed by atoms with Gasteiger partial charge in [-0.15, -0.1) is 11.8 Å². The van der Waals surface area contributed by atoms with Gasteiger partial charge in [0, 0.05) is 15.3 Å². The van der Waals surface area contributed by atoms with Crippen LogP contribution in [0.5, 0.6) is 0 Å². The fourth-order valence-corrected chi connectivity index (χ4v) is 2.52. The average Bonchev–Trinajstić information content (AvgIpc) is 2.19. The normalized spacial score (nSPS) is 13.2. The highest BCUT2D eigenvalue weighted by molar-refractivity contribution is 8.00. The van der Waals surface area contributed by atoms with E-state index in [0.717, 1.165) is 11.3 Å². The number of thioether (sulfide) groups is 1. The summed E-state index contributed by atoms with van der Waals surface area (Å²) in [6, 6.07) is 5.56. The molecule has 0 fully saturated rings. The topological polar surface area (TPSA) is 55.1 Å². The van der Waals surface area contributed by atoms with E-state index >= 15 is 0 Å². The van der Waals surface area contributed by atoms with Gasteiger partial charge in [-0.2, -0.15) is 0 Å². The van der Waals surface area contributed by atoms with Gasteiger partial charge >= 0.3 is 0 Å². The number of rotatable bonds is 3. The van der Waals surface area contributed by atoms with Crippen molar-refractivity contribution < 1.29 is 4.79 Å². The number of benzene rings is 1. The van der Waals surface area contributed by atoms with Crippen molar-refractivity contribution in [3.8, 4) is 0 Å². The van der Waals surface area contributed by atoms with E-state index < -0.39 is 6.04 Å². The van der Waals surface area contributed by atoms with Crippen LogP contribution in [0.3, 0.4) is 0 Å². The summed E-state index contributed by atoms with van der Waals surface area (Å²) in [5.41, 5.74) is 7.41. The van der Waals surface area contributed by atoms with Gasteiger partial charge in [-0.3, -0.25) is 4.79 Å². The molecule has 0 spiro atoms. The van der Waals surface area contributed by atoms with E-state index in [1.807, 2.05) is 30.8 Å². The molecule has 18 heavy (non-hydrogen) atoms. The Balaban J connectivity index is 2.83. The van der Waals surface area contributed by atoms with Crippen molar-refractivity contribution in [1.29, 1.82) is 0 Å². The zero-order chi connectivity index (χ0) is 13.9. The van der Waals surface area contributed by atoms with Gasteiger partial charge in [0.05, 0.1) is 6.04 Å². The predicted octanol–water partition coefficient (Wildman–Crippen LogP) is 3.17. The summed E-state index contributed by atoms with van der Waals surface area (Å²) in [5, 5.41) is 2.83. The molecule has 1 atom stereocenters. The third-order valence-corrected chi connectivity index (χ3v) is 3.40. The van der Waals surface area contributed by atoms with Gasteiger partial charge in [0.2, 0.25) is 5.91 Å². The number of nitrogens with one attached hydrogen (secondary N) is 1. The monoisotopic (exact) mass is 266 g/mol. The number of nitrogens with two attached hydrogens (primary N) is 1. The van der Waals surface area contributed by atoms with Gasteiger partial charge in [0.15, 0.2) is 0 Å². The fourth-order valence-electron chi connectivity index (χ4n) is 1.44. The van der Waals surface area contributed by atoms with Crippen molar-refractivity contribution in [1.82, 2.24) is 0 Å². The summed E-state index contributed by atoms with van der Waals surface area (Å²) in [6.07, 6.45) is 0. The molecule has 1 aromatic carbocycles. The van der Waals surface area contributed by atoms with E-state index in [1.165, 1.54) is 4.90 Å². The highest BCUT2D eigenvalue weighted by atomic mass is 32.2. The Morgan fingerprint density at radius 1 is 1.39 bits per heavy atom. The molecule has 0 saturated heterocycles. The Morgan fingerprint density at radius 2 is 2.00 bits per heavy atom. The van der Waals surface area contributed by atoms with Gasteiger partial charge in [-0.05, 0) is 37.6 Å².